The van der Waals surface area contributed by atoms with Crippen molar-refractivity contribution >= 4 is 17.5 Å². The number of carbonyl (C=O) groups excluding carboxylic acids is 2. The molecule has 1 heterocycles. The van der Waals surface area contributed by atoms with E-state index in [9.17, 15) is 9.59 Å². The van der Waals surface area contributed by atoms with E-state index in [-0.39, 0.29) is 24.5 Å². The number of amides is 2. The number of hydrogen-bond acceptors (Lipinski definition) is 4. The smallest absolute Gasteiger partial charge is 0.258 e. The summed E-state index contributed by atoms with van der Waals surface area (Å²) in [6.07, 6.45) is 1.48. The number of hydrogen-bond donors (Lipinski definition) is 1. The fraction of sp³-hybridized carbons (Fsp3) is 0.231. The summed E-state index contributed by atoms with van der Waals surface area (Å²) in [5.41, 5.74) is 2.78. The molecule has 4 rings (SSSR count). The van der Waals surface area contributed by atoms with Gasteiger partial charge in [0.05, 0.1) is 13.2 Å². The maximum absolute atomic E-state index is 12.7. The number of nitrogens with zero attached hydrogens (tertiary/aromatic N) is 1. The van der Waals surface area contributed by atoms with Gasteiger partial charge in [0.1, 0.15) is 11.5 Å². The Morgan fingerprint density at radius 1 is 0.938 bits per heavy atom. The minimum atomic E-state index is -0.304. The second-order valence-electron chi connectivity index (χ2n) is 7.62. The van der Waals surface area contributed by atoms with Crippen molar-refractivity contribution in [3.8, 4) is 11.5 Å². The fourth-order valence-electron chi connectivity index (χ4n) is 3.80. The van der Waals surface area contributed by atoms with Crippen LogP contribution in [0.4, 0.5) is 5.69 Å². The molecule has 1 N–H and O–H groups in total. The van der Waals surface area contributed by atoms with Gasteiger partial charge in [-0.2, -0.15) is 0 Å². The molecule has 1 atom stereocenters. The Bertz CT molecular complexity index is 1050. The number of benzene rings is 3. The predicted molar refractivity (Wildman–Crippen MR) is 123 cm³/mol. The normalized spacial score (nSPS) is 14.2. The minimum Gasteiger partial charge on any atom is -0.497 e. The highest BCUT2D eigenvalue weighted by Gasteiger charge is 2.21. The number of ether oxygens (including phenoxy) is 2. The number of methoxy groups -OCH3 is 1. The van der Waals surface area contributed by atoms with Crippen molar-refractivity contribution in [1.29, 1.82) is 0 Å². The lowest BCUT2D eigenvalue weighted by Crippen LogP contribution is -2.33. The molecule has 0 aromatic heterocycles. The SMILES string of the molecule is COc1ccc(C(NC(=O)COc2ccc(N3CCCC3=O)cc2)c2ccccc2)cc1. The van der Waals surface area contributed by atoms with Crippen molar-refractivity contribution in [2.45, 2.75) is 18.9 Å². The van der Waals surface area contributed by atoms with Gasteiger partial charge in [-0.05, 0) is 53.9 Å². The van der Waals surface area contributed by atoms with Crippen LogP contribution in [0.5, 0.6) is 11.5 Å². The van der Waals surface area contributed by atoms with Gasteiger partial charge in [-0.25, -0.2) is 0 Å². The molecule has 1 aliphatic rings. The van der Waals surface area contributed by atoms with Gasteiger partial charge in [0.2, 0.25) is 5.91 Å². The summed E-state index contributed by atoms with van der Waals surface area (Å²) >= 11 is 0. The molecule has 6 nitrogen and oxygen atoms in total. The minimum absolute atomic E-state index is 0.110. The zero-order chi connectivity index (χ0) is 22.3. The van der Waals surface area contributed by atoms with E-state index in [2.05, 4.69) is 5.32 Å². The van der Waals surface area contributed by atoms with Crippen molar-refractivity contribution in [3.05, 3.63) is 90.0 Å². The zero-order valence-corrected chi connectivity index (χ0v) is 18.0. The summed E-state index contributed by atoms with van der Waals surface area (Å²) in [5, 5.41) is 3.06. The Balaban J connectivity index is 1.40. The topological polar surface area (TPSA) is 67.9 Å². The number of nitrogens with one attached hydrogen (secondary N) is 1. The summed E-state index contributed by atoms with van der Waals surface area (Å²) in [6, 6.07) is 24.4. The highest BCUT2D eigenvalue weighted by atomic mass is 16.5. The van der Waals surface area contributed by atoms with Crippen LogP contribution in [-0.4, -0.2) is 32.1 Å². The van der Waals surface area contributed by atoms with Crippen LogP contribution in [0, 0.1) is 0 Å². The molecule has 1 saturated heterocycles. The van der Waals surface area contributed by atoms with Crippen LogP contribution in [0.15, 0.2) is 78.9 Å². The third kappa shape index (κ3) is 5.09. The molecule has 0 saturated carbocycles. The maximum atomic E-state index is 12.7. The van der Waals surface area contributed by atoms with E-state index in [1.165, 1.54) is 0 Å². The van der Waals surface area contributed by atoms with E-state index >= 15 is 0 Å². The average Bonchev–Trinajstić information content (AvgIpc) is 3.28. The van der Waals surface area contributed by atoms with Gasteiger partial charge in [-0.15, -0.1) is 0 Å². The standard InChI is InChI=1S/C26H26N2O4/c1-31-22-13-9-20(10-14-22)26(19-6-3-2-4-7-19)27-24(29)18-32-23-15-11-21(12-16-23)28-17-5-8-25(28)30/h2-4,6-7,9-16,26H,5,8,17-18H2,1H3,(H,27,29). The second-order valence-corrected chi connectivity index (χ2v) is 7.62. The Labute approximate surface area is 187 Å². The third-order valence-electron chi connectivity index (χ3n) is 5.48. The van der Waals surface area contributed by atoms with Crippen LogP contribution in [-0.2, 0) is 9.59 Å². The molecule has 6 heteroatoms. The van der Waals surface area contributed by atoms with E-state index in [1.54, 1.807) is 24.1 Å². The van der Waals surface area contributed by atoms with Gasteiger partial charge in [0.15, 0.2) is 6.61 Å². The first-order valence-corrected chi connectivity index (χ1v) is 10.7. The van der Waals surface area contributed by atoms with E-state index in [0.717, 1.165) is 35.5 Å². The first-order valence-electron chi connectivity index (χ1n) is 10.7. The molecule has 3 aromatic carbocycles. The van der Waals surface area contributed by atoms with Crippen molar-refractivity contribution in [2.75, 3.05) is 25.2 Å². The van der Waals surface area contributed by atoms with Gasteiger partial charge < -0.3 is 19.7 Å². The molecule has 0 aliphatic carbocycles. The Morgan fingerprint density at radius 2 is 1.59 bits per heavy atom. The molecule has 0 spiro atoms. The summed E-state index contributed by atoms with van der Waals surface area (Å²) < 4.78 is 10.9. The summed E-state index contributed by atoms with van der Waals surface area (Å²) in [5.74, 6) is 1.25. The van der Waals surface area contributed by atoms with E-state index < -0.39 is 0 Å². The molecule has 0 radical (unpaired) electrons. The molecular formula is C26H26N2O4. The van der Waals surface area contributed by atoms with Crippen LogP contribution >= 0.6 is 0 Å². The van der Waals surface area contributed by atoms with Gasteiger partial charge in [-0.1, -0.05) is 42.5 Å². The Hall–Kier alpha value is -3.80. The van der Waals surface area contributed by atoms with Gasteiger partial charge >= 0.3 is 0 Å². The van der Waals surface area contributed by atoms with Crippen molar-refractivity contribution in [3.63, 3.8) is 0 Å². The van der Waals surface area contributed by atoms with Crippen molar-refractivity contribution < 1.29 is 19.1 Å². The van der Waals surface area contributed by atoms with Crippen molar-refractivity contribution in [2.24, 2.45) is 0 Å². The van der Waals surface area contributed by atoms with Gasteiger partial charge in [0.25, 0.3) is 5.91 Å². The average molecular weight is 431 g/mol. The van der Waals surface area contributed by atoms with Crippen LogP contribution < -0.4 is 19.7 Å². The highest BCUT2D eigenvalue weighted by molar-refractivity contribution is 5.95. The first-order chi connectivity index (χ1) is 15.6. The van der Waals surface area contributed by atoms with Crippen LogP contribution in [0.25, 0.3) is 0 Å². The number of rotatable bonds is 8. The molecule has 0 bridgehead atoms. The lowest BCUT2D eigenvalue weighted by atomic mass is 9.98. The van der Waals surface area contributed by atoms with E-state index in [1.807, 2.05) is 66.7 Å². The molecular weight excluding hydrogens is 404 g/mol. The lowest BCUT2D eigenvalue weighted by molar-refractivity contribution is -0.123. The largest absolute Gasteiger partial charge is 0.497 e. The molecule has 1 fully saturated rings. The van der Waals surface area contributed by atoms with Gasteiger partial charge in [0, 0.05) is 18.7 Å². The fourth-order valence-corrected chi connectivity index (χ4v) is 3.80. The molecule has 3 aromatic rings. The molecule has 164 valence electrons. The summed E-state index contributed by atoms with van der Waals surface area (Å²) in [6.45, 7) is 0.634. The Kier molecular flexibility index (Phi) is 6.70. The van der Waals surface area contributed by atoms with E-state index in [4.69, 9.17) is 9.47 Å². The van der Waals surface area contributed by atoms with Crippen LogP contribution in [0.1, 0.15) is 30.0 Å². The van der Waals surface area contributed by atoms with Crippen LogP contribution in [0.2, 0.25) is 0 Å². The van der Waals surface area contributed by atoms with E-state index in [0.29, 0.717) is 12.2 Å². The molecule has 2 amide bonds. The predicted octanol–water partition coefficient (Wildman–Crippen LogP) is 4.11. The second kappa shape index (κ2) is 10.0. The molecule has 1 aliphatic heterocycles. The quantitative estimate of drug-likeness (QED) is 0.584. The molecule has 32 heavy (non-hydrogen) atoms. The zero-order valence-electron chi connectivity index (χ0n) is 18.0. The molecule has 1 unspecified atom stereocenters. The Morgan fingerprint density at radius 3 is 2.22 bits per heavy atom. The first kappa shape index (κ1) is 21.4. The lowest BCUT2D eigenvalue weighted by Gasteiger charge is -2.20. The summed E-state index contributed by atoms with van der Waals surface area (Å²) in [4.78, 5) is 26.4. The monoisotopic (exact) mass is 430 g/mol. The van der Waals surface area contributed by atoms with Crippen molar-refractivity contribution in [1.82, 2.24) is 5.32 Å². The van der Waals surface area contributed by atoms with Crippen LogP contribution in [0.3, 0.4) is 0 Å². The highest BCUT2D eigenvalue weighted by Crippen LogP contribution is 2.25. The number of anilines is 1. The number of carbonyl (C=O) groups is 2. The van der Waals surface area contributed by atoms with Gasteiger partial charge in [-0.3, -0.25) is 9.59 Å². The summed E-state index contributed by atoms with van der Waals surface area (Å²) in [7, 11) is 1.62. The maximum Gasteiger partial charge on any atom is 0.258 e. The third-order valence-corrected chi connectivity index (χ3v) is 5.48.